The maximum atomic E-state index is 6.56. The highest BCUT2D eigenvalue weighted by atomic mass is 35.5. The molecular formula is C26H32Cl2N6O2. The van der Waals surface area contributed by atoms with E-state index in [0.717, 1.165) is 48.6 Å². The lowest BCUT2D eigenvalue weighted by Gasteiger charge is -2.32. The molecule has 192 valence electrons. The van der Waals surface area contributed by atoms with Crippen molar-refractivity contribution in [1.29, 1.82) is 0 Å². The topological polar surface area (TPSA) is 101 Å². The Kier molecular flexibility index (Phi) is 7.85. The number of H-pyrrole nitrogens is 1. The van der Waals surface area contributed by atoms with E-state index < -0.39 is 0 Å². The van der Waals surface area contributed by atoms with Gasteiger partial charge in [-0.2, -0.15) is 4.98 Å². The van der Waals surface area contributed by atoms with Gasteiger partial charge in [-0.25, -0.2) is 5.10 Å². The van der Waals surface area contributed by atoms with E-state index >= 15 is 0 Å². The number of hydrogen-bond donors (Lipinski definition) is 3. The maximum Gasteiger partial charge on any atom is 0.248 e. The third-order valence-corrected chi connectivity index (χ3v) is 6.38. The van der Waals surface area contributed by atoms with Gasteiger partial charge in [-0.05, 0) is 70.0 Å². The lowest BCUT2D eigenvalue weighted by Crippen LogP contribution is -2.34. The quantitative estimate of drug-likeness (QED) is 0.267. The molecule has 0 radical (unpaired) electrons. The van der Waals surface area contributed by atoms with Gasteiger partial charge in [0, 0.05) is 30.3 Å². The van der Waals surface area contributed by atoms with E-state index in [2.05, 4.69) is 32.0 Å². The van der Waals surface area contributed by atoms with Crippen LogP contribution in [0.2, 0.25) is 10.0 Å². The number of hydrogen-bond acceptors (Lipinski definition) is 7. The summed E-state index contributed by atoms with van der Waals surface area (Å²) in [5, 5.41) is 10.5. The Bertz CT molecular complexity index is 1180. The van der Waals surface area contributed by atoms with Crippen molar-refractivity contribution in [3.63, 3.8) is 0 Å². The summed E-state index contributed by atoms with van der Waals surface area (Å²) in [5.41, 5.74) is 7.60. The number of likely N-dealkylation sites (tertiary alicyclic amines) is 1. The van der Waals surface area contributed by atoms with Crippen LogP contribution in [-0.4, -0.2) is 44.9 Å². The SMILES string of the molecule is C=C(OC(C)(C)C)N1CCCC1CCOc1ccc(-c2c(Cl)cc(Nc3n[nH]c(N)n3)cc2Cl)cc1. The summed E-state index contributed by atoms with van der Waals surface area (Å²) in [6.45, 7) is 11.8. The van der Waals surface area contributed by atoms with E-state index in [4.69, 9.17) is 38.4 Å². The molecule has 1 saturated heterocycles. The Labute approximate surface area is 221 Å². The van der Waals surface area contributed by atoms with Gasteiger partial charge in [0.15, 0.2) is 5.88 Å². The van der Waals surface area contributed by atoms with Crippen molar-refractivity contribution >= 4 is 40.8 Å². The zero-order valence-corrected chi connectivity index (χ0v) is 22.3. The van der Waals surface area contributed by atoms with Crippen LogP contribution in [0.4, 0.5) is 17.6 Å². The van der Waals surface area contributed by atoms with Crippen molar-refractivity contribution in [3.05, 3.63) is 58.9 Å². The van der Waals surface area contributed by atoms with Crippen LogP contribution in [0.25, 0.3) is 11.1 Å². The van der Waals surface area contributed by atoms with Gasteiger partial charge in [-0.3, -0.25) is 0 Å². The third-order valence-electron chi connectivity index (χ3n) is 5.79. The molecule has 0 saturated carbocycles. The molecule has 4 N–H and O–H groups in total. The molecular weight excluding hydrogens is 499 g/mol. The highest BCUT2D eigenvalue weighted by molar-refractivity contribution is 6.39. The van der Waals surface area contributed by atoms with Gasteiger partial charge in [0.25, 0.3) is 0 Å². The summed E-state index contributed by atoms with van der Waals surface area (Å²) >= 11 is 13.1. The molecule has 1 unspecified atom stereocenters. The Morgan fingerprint density at radius 2 is 1.92 bits per heavy atom. The summed E-state index contributed by atoms with van der Waals surface area (Å²) in [7, 11) is 0. The molecule has 4 rings (SSSR count). The molecule has 1 aliphatic rings. The minimum atomic E-state index is -0.254. The van der Waals surface area contributed by atoms with Crippen LogP contribution in [0.3, 0.4) is 0 Å². The summed E-state index contributed by atoms with van der Waals surface area (Å²) in [6.07, 6.45) is 3.14. The minimum absolute atomic E-state index is 0.217. The standard InChI is InChI=1S/C26H32Cl2N6O2/c1-16(36-26(2,3)4)34-12-5-6-19(34)11-13-35-20-9-7-17(8-10-20)23-21(27)14-18(15-22(23)28)30-25-31-24(29)32-33-25/h7-10,14-15,19H,1,5-6,11-13H2,2-4H3,(H4,29,30,31,32,33). The molecule has 8 nitrogen and oxygen atoms in total. The monoisotopic (exact) mass is 530 g/mol. The van der Waals surface area contributed by atoms with Crippen LogP contribution in [0.5, 0.6) is 5.75 Å². The molecule has 0 aliphatic carbocycles. The van der Waals surface area contributed by atoms with Crippen LogP contribution >= 0.6 is 23.2 Å². The number of ether oxygens (including phenoxy) is 2. The Morgan fingerprint density at radius 1 is 1.22 bits per heavy atom. The highest BCUT2D eigenvalue weighted by Crippen LogP contribution is 2.38. The molecule has 0 spiro atoms. The van der Waals surface area contributed by atoms with Crippen molar-refractivity contribution < 1.29 is 9.47 Å². The van der Waals surface area contributed by atoms with Crippen LogP contribution in [0, 0.1) is 0 Å². The lowest BCUT2D eigenvalue weighted by molar-refractivity contribution is -0.00218. The van der Waals surface area contributed by atoms with Gasteiger partial charge in [0.2, 0.25) is 11.9 Å². The Morgan fingerprint density at radius 3 is 2.53 bits per heavy atom. The smallest absolute Gasteiger partial charge is 0.248 e. The molecule has 36 heavy (non-hydrogen) atoms. The second kappa shape index (κ2) is 10.9. The van der Waals surface area contributed by atoms with Crippen molar-refractivity contribution in [2.24, 2.45) is 0 Å². The largest absolute Gasteiger partial charge is 0.494 e. The predicted octanol–water partition coefficient (Wildman–Crippen LogP) is 6.62. The molecule has 0 amide bonds. The van der Waals surface area contributed by atoms with E-state index in [1.54, 1.807) is 12.1 Å². The average Bonchev–Trinajstić information content (AvgIpc) is 3.42. The zero-order valence-electron chi connectivity index (χ0n) is 20.8. The summed E-state index contributed by atoms with van der Waals surface area (Å²) in [4.78, 5) is 6.28. The lowest BCUT2D eigenvalue weighted by atomic mass is 10.0. The fourth-order valence-corrected chi connectivity index (χ4v) is 4.99. The van der Waals surface area contributed by atoms with Crippen molar-refractivity contribution in [3.8, 4) is 16.9 Å². The molecule has 2 heterocycles. The maximum absolute atomic E-state index is 6.56. The first-order valence-corrected chi connectivity index (χ1v) is 12.7. The molecule has 1 fully saturated rings. The fraction of sp³-hybridized carbons (Fsp3) is 0.385. The van der Waals surface area contributed by atoms with Gasteiger partial charge in [-0.1, -0.05) is 35.3 Å². The average molecular weight is 531 g/mol. The van der Waals surface area contributed by atoms with Crippen LogP contribution in [0.1, 0.15) is 40.0 Å². The number of nitrogens with zero attached hydrogens (tertiary/aromatic N) is 3. The minimum Gasteiger partial charge on any atom is -0.494 e. The van der Waals surface area contributed by atoms with Gasteiger partial charge in [0.05, 0.1) is 16.7 Å². The van der Waals surface area contributed by atoms with Crippen LogP contribution in [0.15, 0.2) is 48.9 Å². The summed E-state index contributed by atoms with van der Waals surface area (Å²) in [5.74, 6) is 2.09. The predicted molar refractivity (Wildman–Crippen MR) is 146 cm³/mol. The molecule has 2 aromatic carbocycles. The molecule has 1 aromatic heterocycles. The first kappa shape index (κ1) is 26.0. The zero-order chi connectivity index (χ0) is 25.9. The second-order valence-corrected chi connectivity index (χ2v) is 10.6. The fourth-order valence-electron chi connectivity index (χ4n) is 4.29. The first-order valence-electron chi connectivity index (χ1n) is 11.9. The first-order chi connectivity index (χ1) is 17.1. The Balaban J connectivity index is 1.35. The number of benzene rings is 2. The molecule has 1 aliphatic heterocycles. The number of rotatable bonds is 9. The van der Waals surface area contributed by atoms with Gasteiger partial charge in [-0.15, -0.1) is 5.10 Å². The molecule has 1 atom stereocenters. The molecule has 0 bridgehead atoms. The van der Waals surface area contributed by atoms with Crippen LogP contribution in [-0.2, 0) is 4.74 Å². The van der Waals surface area contributed by atoms with Gasteiger partial charge < -0.3 is 25.4 Å². The number of halogens is 2. The van der Waals surface area contributed by atoms with Crippen LogP contribution < -0.4 is 15.8 Å². The van der Waals surface area contributed by atoms with Crippen molar-refractivity contribution in [2.75, 3.05) is 24.2 Å². The summed E-state index contributed by atoms with van der Waals surface area (Å²) in [6, 6.07) is 11.7. The third kappa shape index (κ3) is 6.56. The van der Waals surface area contributed by atoms with Gasteiger partial charge >= 0.3 is 0 Å². The van der Waals surface area contributed by atoms with Crippen molar-refractivity contribution in [2.45, 2.75) is 51.7 Å². The van der Waals surface area contributed by atoms with E-state index in [9.17, 15) is 0 Å². The summed E-state index contributed by atoms with van der Waals surface area (Å²) < 4.78 is 12.0. The Hall–Kier alpha value is -3.10. The van der Waals surface area contributed by atoms with Crippen molar-refractivity contribution in [1.82, 2.24) is 20.1 Å². The number of nitrogen functional groups attached to an aromatic ring is 1. The number of nitrogens with two attached hydrogens (primary N) is 1. The number of aromatic nitrogens is 3. The van der Waals surface area contributed by atoms with E-state index in [-0.39, 0.29) is 11.5 Å². The van der Waals surface area contributed by atoms with E-state index in [0.29, 0.717) is 34.3 Å². The molecule has 10 heteroatoms. The normalized spacial score (nSPS) is 15.7. The number of anilines is 3. The number of nitrogens with one attached hydrogen (secondary N) is 2. The number of aromatic amines is 1. The highest BCUT2D eigenvalue weighted by Gasteiger charge is 2.28. The van der Waals surface area contributed by atoms with E-state index in [1.807, 2.05) is 45.0 Å². The second-order valence-electron chi connectivity index (χ2n) is 9.74. The molecule has 3 aromatic rings. The van der Waals surface area contributed by atoms with E-state index in [1.165, 1.54) is 0 Å². The van der Waals surface area contributed by atoms with Gasteiger partial charge in [0.1, 0.15) is 11.4 Å².